The minimum Gasteiger partial charge on any atom is -0.497 e. The molecule has 0 spiro atoms. The average Bonchev–Trinajstić information content (AvgIpc) is 2.76. The first-order chi connectivity index (χ1) is 13.7. The maximum absolute atomic E-state index is 5.52. The highest BCUT2D eigenvalue weighted by atomic mass is 16.5. The molecule has 0 saturated heterocycles. The molecule has 4 rings (SSSR count). The van der Waals surface area contributed by atoms with Gasteiger partial charge in [0.25, 0.3) is 0 Å². The van der Waals surface area contributed by atoms with Gasteiger partial charge in [0, 0.05) is 6.04 Å². The molecule has 1 N–H and O–H groups in total. The molecule has 28 heavy (non-hydrogen) atoms. The summed E-state index contributed by atoms with van der Waals surface area (Å²) in [6, 6.07) is 17.5. The fourth-order valence-electron chi connectivity index (χ4n) is 4.09. The molecule has 3 aromatic carbocycles. The van der Waals surface area contributed by atoms with Crippen molar-refractivity contribution in [1.29, 1.82) is 0 Å². The van der Waals surface area contributed by atoms with Crippen LogP contribution in [-0.2, 0) is 12.8 Å². The molecule has 1 unspecified atom stereocenters. The summed E-state index contributed by atoms with van der Waals surface area (Å²) in [7, 11) is 5.09. The zero-order valence-corrected chi connectivity index (χ0v) is 16.7. The standard InChI is InChI=1S/C24H27NO3/c1-26-20-8-7-17-12-16(4-6-18(17)13-20)5-9-22-21-15-24(28-3)23(27-2)14-19(21)10-11-25-22/h4,6-8,12-15,22,25H,5,9-11H2,1-3H3. The highest BCUT2D eigenvalue weighted by Crippen LogP contribution is 2.36. The maximum atomic E-state index is 5.52. The zero-order valence-electron chi connectivity index (χ0n) is 16.7. The summed E-state index contributed by atoms with van der Waals surface area (Å²) in [5.74, 6) is 2.51. The van der Waals surface area contributed by atoms with E-state index >= 15 is 0 Å². The number of nitrogens with one attached hydrogen (secondary N) is 1. The van der Waals surface area contributed by atoms with E-state index < -0.39 is 0 Å². The van der Waals surface area contributed by atoms with Gasteiger partial charge in [-0.3, -0.25) is 0 Å². The van der Waals surface area contributed by atoms with Gasteiger partial charge in [0.2, 0.25) is 0 Å². The first-order valence-corrected chi connectivity index (χ1v) is 9.76. The van der Waals surface area contributed by atoms with E-state index in [0.29, 0.717) is 6.04 Å². The third-order valence-electron chi connectivity index (χ3n) is 5.64. The van der Waals surface area contributed by atoms with Crippen molar-refractivity contribution in [1.82, 2.24) is 5.32 Å². The summed E-state index contributed by atoms with van der Waals surface area (Å²) < 4.78 is 16.3. The molecule has 146 valence electrons. The Morgan fingerprint density at radius 1 is 0.857 bits per heavy atom. The van der Waals surface area contributed by atoms with Gasteiger partial charge in [-0.2, -0.15) is 0 Å². The van der Waals surface area contributed by atoms with Crippen molar-refractivity contribution in [3.05, 3.63) is 65.2 Å². The molecule has 0 aliphatic carbocycles. The summed E-state index contributed by atoms with van der Waals surface area (Å²) in [5, 5.41) is 6.13. The van der Waals surface area contributed by atoms with Gasteiger partial charge < -0.3 is 19.5 Å². The van der Waals surface area contributed by atoms with E-state index in [-0.39, 0.29) is 0 Å². The number of rotatable bonds is 6. The van der Waals surface area contributed by atoms with Crippen molar-refractivity contribution in [2.24, 2.45) is 0 Å². The van der Waals surface area contributed by atoms with Crippen LogP contribution < -0.4 is 19.5 Å². The van der Waals surface area contributed by atoms with Gasteiger partial charge in [0.05, 0.1) is 21.3 Å². The minimum absolute atomic E-state index is 0.329. The van der Waals surface area contributed by atoms with E-state index in [1.165, 1.54) is 27.5 Å². The molecule has 1 aliphatic rings. The van der Waals surface area contributed by atoms with E-state index in [0.717, 1.165) is 43.1 Å². The Labute approximate surface area is 166 Å². The SMILES string of the molecule is COc1ccc2cc(CCC3NCCc4cc(OC)c(OC)cc43)ccc2c1. The topological polar surface area (TPSA) is 39.7 Å². The van der Waals surface area contributed by atoms with Crippen LogP contribution in [0.2, 0.25) is 0 Å². The quantitative estimate of drug-likeness (QED) is 0.677. The molecule has 0 aromatic heterocycles. The van der Waals surface area contributed by atoms with E-state index in [2.05, 4.69) is 47.8 Å². The minimum atomic E-state index is 0.329. The van der Waals surface area contributed by atoms with Crippen LogP contribution in [0.3, 0.4) is 0 Å². The van der Waals surface area contributed by atoms with Gasteiger partial charge in [-0.05, 0) is 77.5 Å². The van der Waals surface area contributed by atoms with E-state index in [4.69, 9.17) is 14.2 Å². The molecule has 0 bridgehead atoms. The fraction of sp³-hybridized carbons (Fsp3) is 0.333. The van der Waals surface area contributed by atoms with E-state index in [1.807, 2.05) is 6.07 Å². The third kappa shape index (κ3) is 3.65. The lowest BCUT2D eigenvalue weighted by Crippen LogP contribution is -2.30. The van der Waals surface area contributed by atoms with Gasteiger partial charge in [0.1, 0.15) is 5.75 Å². The molecule has 1 aliphatic heterocycles. The van der Waals surface area contributed by atoms with Crippen LogP contribution >= 0.6 is 0 Å². The van der Waals surface area contributed by atoms with E-state index in [1.54, 1.807) is 21.3 Å². The monoisotopic (exact) mass is 377 g/mol. The normalized spacial score (nSPS) is 15.9. The van der Waals surface area contributed by atoms with Crippen molar-refractivity contribution >= 4 is 10.8 Å². The second-order valence-corrected chi connectivity index (χ2v) is 7.25. The molecule has 0 amide bonds. The van der Waals surface area contributed by atoms with Crippen molar-refractivity contribution in [3.8, 4) is 17.2 Å². The number of hydrogen-bond donors (Lipinski definition) is 1. The maximum Gasteiger partial charge on any atom is 0.161 e. The van der Waals surface area contributed by atoms with Crippen molar-refractivity contribution in [2.45, 2.75) is 25.3 Å². The summed E-state index contributed by atoms with van der Waals surface area (Å²) in [4.78, 5) is 0. The Morgan fingerprint density at radius 2 is 1.61 bits per heavy atom. The van der Waals surface area contributed by atoms with Gasteiger partial charge in [0.15, 0.2) is 11.5 Å². The molecule has 1 atom stereocenters. The van der Waals surface area contributed by atoms with Gasteiger partial charge in [-0.25, -0.2) is 0 Å². The molecule has 1 heterocycles. The Balaban J connectivity index is 1.54. The second-order valence-electron chi connectivity index (χ2n) is 7.25. The molecule has 0 radical (unpaired) electrons. The van der Waals surface area contributed by atoms with Gasteiger partial charge in [-0.1, -0.05) is 24.3 Å². The van der Waals surface area contributed by atoms with Gasteiger partial charge in [-0.15, -0.1) is 0 Å². The van der Waals surface area contributed by atoms with Crippen molar-refractivity contribution in [3.63, 3.8) is 0 Å². The Morgan fingerprint density at radius 3 is 2.39 bits per heavy atom. The molecular formula is C24H27NO3. The van der Waals surface area contributed by atoms with Gasteiger partial charge >= 0.3 is 0 Å². The lowest BCUT2D eigenvalue weighted by molar-refractivity contribution is 0.351. The van der Waals surface area contributed by atoms with Crippen LogP contribution in [0.25, 0.3) is 10.8 Å². The molecule has 3 aromatic rings. The van der Waals surface area contributed by atoms with Crippen LogP contribution in [0.5, 0.6) is 17.2 Å². The fourth-order valence-corrected chi connectivity index (χ4v) is 4.09. The van der Waals surface area contributed by atoms with Crippen LogP contribution in [0, 0.1) is 0 Å². The highest BCUT2D eigenvalue weighted by Gasteiger charge is 2.22. The molecule has 4 nitrogen and oxygen atoms in total. The highest BCUT2D eigenvalue weighted by molar-refractivity contribution is 5.84. The van der Waals surface area contributed by atoms with E-state index in [9.17, 15) is 0 Å². The largest absolute Gasteiger partial charge is 0.497 e. The first-order valence-electron chi connectivity index (χ1n) is 9.76. The third-order valence-corrected chi connectivity index (χ3v) is 5.64. The van der Waals surface area contributed by atoms with Crippen molar-refractivity contribution < 1.29 is 14.2 Å². The lowest BCUT2D eigenvalue weighted by Gasteiger charge is -2.28. The molecular weight excluding hydrogens is 350 g/mol. The summed E-state index contributed by atoms with van der Waals surface area (Å²) in [6.07, 6.45) is 3.08. The van der Waals surface area contributed by atoms with Crippen LogP contribution in [0.15, 0.2) is 48.5 Å². The number of fused-ring (bicyclic) bond motifs is 2. The predicted molar refractivity (Wildman–Crippen MR) is 113 cm³/mol. The Bertz CT molecular complexity index is 983. The van der Waals surface area contributed by atoms with Crippen LogP contribution in [-0.4, -0.2) is 27.9 Å². The zero-order chi connectivity index (χ0) is 19.5. The lowest BCUT2D eigenvalue weighted by atomic mass is 9.90. The smallest absolute Gasteiger partial charge is 0.161 e. The number of methoxy groups -OCH3 is 3. The Hall–Kier alpha value is -2.72. The summed E-state index contributed by atoms with van der Waals surface area (Å²) in [5.41, 5.74) is 4.04. The van der Waals surface area contributed by atoms with Crippen LogP contribution in [0.4, 0.5) is 0 Å². The first kappa shape index (κ1) is 18.6. The molecule has 0 fully saturated rings. The van der Waals surface area contributed by atoms with Crippen molar-refractivity contribution in [2.75, 3.05) is 27.9 Å². The second kappa shape index (κ2) is 8.11. The van der Waals surface area contributed by atoms with Crippen LogP contribution in [0.1, 0.15) is 29.2 Å². The Kier molecular flexibility index (Phi) is 5.40. The molecule has 4 heteroatoms. The number of benzene rings is 3. The number of hydrogen-bond acceptors (Lipinski definition) is 4. The predicted octanol–water partition coefficient (Wildman–Crippen LogP) is 4.69. The summed E-state index contributed by atoms with van der Waals surface area (Å²) >= 11 is 0. The average molecular weight is 377 g/mol. The summed E-state index contributed by atoms with van der Waals surface area (Å²) in [6.45, 7) is 0.991. The number of aryl methyl sites for hydroxylation is 1. The molecule has 0 saturated carbocycles. The number of ether oxygens (including phenoxy) is 3.